The van der Waals surface area contributed by atoms with E-state index in [1.807, 2.05) is 42.2 Å². The Morgan fingerprint density at radius 1 is 1.28 bits per heavy atom. The highest BCUT2D eigenvalue weighted by Crippen LogP contribution is 2.42. The third kappa shape index (κ3) is 4.79. The van der Waals surface area contributed by atoms with E-state index in [1.54, 1.807) is 23.7 Å². The average molecular weight is 471 g/mol. The molecule has 6 nitrogen and oxygen atoms in total. The molecule has 4 rings (SSSR count). The molecule has 0 aliphatic carbocycles. The fourth-order valence-electron chi connectivity index (χ4n) is 4.05. The average Bonchev–Trinajstić information content (AvgIpc) is 3.27. The van der Waals surface area contributed by atoms with Crippen LogP contribution >= 0.6 is 22.9 Å². The summed E-state index contributed by atoms with van der Waals surface area (Å²) in [6, 6.07) is 14.6. The highest BCUT2D eigenvalue weighted by Gasteiger charge is 2.36. The molecule has 2 atom stereocenters. The van der Waals surface area contributed by atoms with E-state index in [-0.39, 0.29) is 11.8 Å². The molecule has 1 amide bonds. The van der Waals surface area contributed by atoms with Crippen LogP contribution in [0.4, 0.5) is 0 Å². The van der Waals surface area contributed by atoms with Crippen LogP contribution in [0.3, 0.4) is 0 Å². The van der Waals surface area contributed by atoms with Gasteiger partial charge in [-0.2, -0.15) is 0 Å². The summed E-state index contributed by atoms with van der Waals surface area (Å²) in [7, 11) is 0. The predicted octanol–water partition coefficient (Wildman–Crippen LogP) is 4.93. The summed E-state index contributed by atoms with van der Waals surface area (Å²) < 4.78 is 5.56. The van der Waals surface area contributed by atoms with Crippen LogP contribution in [0.2, 0.25) is 5.02 Å². The van der Waals surface area contributed by atoms with Crippen LogP contribution in [-0.2, 0) is 16.0 Å². The number of fused-ring (bicyclic) bond motifs is 1. The number of benzene rings is 2. The summed E-state index contributed by atoms with van der Waals surface area (Å²) in [6.45, 7) is 2.09. The van der Waals surface area contributed by atoms with Gasteiger partial charge in [-0.1, -0.05) is 48.9 Å². The Kier molecular flexibility index (Phi) is 6.77. The van der Waals surface area contributed by atoms with Crippen molar-refractivity contribution in [2.75, 3.05) is 13.2 Å². The second-order valence-corrected chi connectivity index (χ2v) is 9.11. The van der Waals surface area contributed by atoms with Crippen molar-refractivity contribution in [1.82, 2.24) is 9.88 Å². The number of halogens is 1. The van der Waals surface area contributed by atoms with Crippen LogP contribution in [0.5, 0.6) is 5.75 Å². The van der Waals surface area contributed by atoms with Crippen LogP contribution in [0.25, 0.3) is 0 Å². The summed E-state index contributed by atoms with van der Waals surface area (Å²) in [5, 5.41) is 9.57. The largest absolute Gasteiger partial charge is 0.482 e. The van der Waals surface area contributed by atoms with Crippen LogP contribution in [0.15, 0.2) is 54.0 Å². The van der Waals surface area contributed by atoms with Crippen LogP contribution in [0.1, 0.15) is 47.0 Å². The van der Waals surface area contributed by atoms with Crippen molar-refractivity contribution in [2.24, 2.45) is 0 Å². The van der Waals surface area contributed by atoms with Gasteiger partial charge in [-0.25, -0.2) is 9.78 Å². The van der Waals surface area contributed by atoms with Crippen molar-refractivity contribution in [3.8, 4) is 5.75 Å². The highest BCUT2D eigenvalue weighted by atomic mass is 35.5. The van der Waals surface area contributed by atoms with Crippen LogP contribution in [0, 0.1) is 0 Å². The lowest BCUT2D eigenvalue weighted by atomic mass is 9.93. The van der Waals surface area contributed by atoms with Gasteiger partial charge in [-0.15, -0.1) is 11.3 Å². The lowest BCUT2D eigenvalue weighted by molar-refractivity contribution is -0.139. The smallest absolute Gasteiger partial charge is 0.341 e. The fraction of sp³-hybridized carbons (Fsp3) is 0.292. The maximum absolute atomic E-state index is 13.5. The number of rotatable bonds is 7. The molecule has 1 N–H and O–H groups in total. The van der Waals surface area contributed by atoms with E-state index >= 15 is 0 Å². The topological polar surface area (TPSA) is 79.7 Å². The van der Waals surface area contributed by atoms with Gasteiger partial charge in [0.25, 0.3) is 0 Å². The summed E-state index contributed by atoms with van der Waals surface area (Å²) in [5.74, 6) is -0.585. The molecule has 2 aromatic carbocycles. The van der Waals surface area contributed by atoms with Crippen molar-refractivity contribution >= 4 is 34.8 Å². The number of thiazole rings is 1. The summed E-state index contributed by atoms with van der Waals surface area (Å²) >= 11 is 7.79. The molecule has 1 aromatic heterocycles. The van der Waals surface area contributed by atoms with Crippen molar-refractivity contribution in [1.29, 1.82) is 0 Å². The standard InChI is InChI=1S/C24H23ClN2O4S/c1-15(16-5-3-2-4-6-16)11-21(28)27-10-9-19-24(32-14-26-19)23(27)18-12-17(25)7-8-20(18)31-13-22(29)30/h2-8,12,14-15,23H,9-11,13H2,1H3,(H,29,30)/t15-,23?/m1/s1. The van der Waals surface area contributed by atoms with E-state index in [2.05, 4.69) is 4.98 Å². The van der Waals surface area contributed by atoms with Crippen molar-refractivity contribution in [3.05, 3.63) is 80.8 Å². The zero-order chi connectivity index (χ0) is 22.7. The molecule has 166 valence electrons. The second-order valence-electron chi connectivity index (χ2n) is 7.78. The highest BCUT2D eigenvalue weighted by molar-refractivity contribution is 7.09. The quantitative estimate of drug-likeness (QED) is 0.529. The van der Waals surface area contributed by atoms with E-state index in [4.69, 9.17) is 21.4 Å². The molecule has 0 bridgehead atoms. The Morgan fingerprint density at radius 2 is 2.06 bits per heavy atom. The third-order valence-corrected chi connectivity index (χ3v) is 6.77. The maximum atomic E-state index is 13.5. The third-order valence-electron chi connectivity index (χ3n) is 5.61. The van der Waals surface area contributed by atoms with Crippen molar-refractivity contribution in [3.63, 3.8) is 0 Å². The van der Waals surface area contributed by atoms with Gasteiger partial charge in [0.2, 0.25) is 5.91 Å². The first-order valence-electron chi connectivity index (χ1n) is 10.3. The first-order chi connectivity index (χ1) is 15.4. The molecule has 2 heterocycles. The molecule has 8 heteroatoms. The molecule has 0 saturated carbocycles. The molecule has 0 radical (unpaired) electrons. The second kappa shape index (κ2) is 9.71. The maximum Gasteiger partial charge on any atom is 0.341 e. The van der Waals surface area contributed by atoms with Gasteiger partial charge in [0, 0.05) is 30.0 Å². The minimum absolute atomic E-state index is 0.0227. The molecule has 0 saturated heterocycles. The molecular formula is C24H23ClN2O4S. The number of carboxylic acids is 1. The normalized spacial score (nSPS) is 16.3. The number of carbonyl (C=O) groups is 2. The number of carbonyl (C=O) groups excluding carboxylic acids is 1. The van der Waals surface area contributed by atoms with E-state index in [0.717, 1.165) is 16.1 Å². The van der Waals surface area contributed by atoms with Crippen molar-refractivity contribution < 1.29 is 19.4 Å². The molecule has 1 aliphatic heterocycles. The Labute approximate surface area is 195 Å². The molecule has 3 aromatic rings. The van der Waals surface area contributed by atoms with Gasteiger partial charge >= 0.3 is 5.97 Å². The summed E-state index contributed by atoms with van der Waals surface area (Å²) in [4.78, 5) is 31.9. The summed E-state index contributed by atoms with van der Waals surface area (Å²) in [5.41, 5.74) is 4.51. The van der Waals surface area contributed by atoms with Crippen molar-refractivity contribution in [2.45, 2.75) is 31.7 Å². The molecular weight excluding hydrogens is 448 g/mol. The Balaban J connectivity index is 1.69. The molecule has 0 fully saturated rings. The molecule has 1 unspecified atom stereocenters. The van der Waals surface area contributed by atoms with Gasteiger partial charge in [0.1, 0.15) is 5.75 Å². The minimum Gasteiger partial charge on any atom is -0.482 e. The van der Waals surface area contributed by atoms with Gasteiger partial charge in [0.15, 0.2) is 6.61 Å². The van der Waals surface area contributed by atoms with Gasteiger partial charge in [-0.3, -0.25) is 4.79 Å². The molecule has 32 heavy (non-hydrogen) atoms. The van der Waals surface area contributed by atoms with E-state index in [9.17, 15) is 9.59 Å². The van der Waals surface area contributed by atoms with E-state index in [1.165, 1.54) is 11.3 Å². The van der Waals surface area contributed by atoms with Crippen LogP contribution < -0.4 is 4.74 Å². The number of aliphatic carboxylic acids is 1. The Morgan fingerprint density at radius 3 is 2.81 bits per heavy atom. The lowest BCUT2D eigenvalue weighted by Gasteiger charge is -2.36. The SMILES string of the molecule is C[C@H](CC(=O)N1CCc2ncsc2C1c1cc(Cl)ccc1OCC(=O)O)c1ccccc1. The summed E-state index contributed by atoms with van der Waals surface area (Å²) in [6.07, 6.45) is 1.03. The zero-order valence-corrected chi connectivity index (χ0v) is 19.1. The number of hydrogen-bond acceptors (Lipinski definition) is 5. The number of ether oxygens (including phenoxy) is 1. The zero-order valence-electron chi connectivity index (χ0n) is 17.5. The first kappa shape index (κ1) is 22.3. The Hall–Kier alpha value is -2.90. The molecule has 1 aliphatic rings. The van der Waals surface area contributed by atoms with Gasteiger partial charge in [0.05, 0.1) is 22.1 Å². The van der Waals surface area contributed by atoms with Gasteiger partial charge < -0.3 is 14.7 Å². The minimum atomic E-state index is -1.07. The monoisotopic (exact) mass is 470 g/mol. The number of nitrogens with zero attached hydrogens (tertiary/aromatic N) is 2. The number of carboxylic acid groups (broad SMARTS) is 1. The Bertz CT molecular complexity index is 1120. The van der Waals surface area contributed by atoms with Gasteiger partial charge in [-0.05, 0) is 29.7 Å². The fourth-order valence-corrected chi connectivity index (χ4v) is 5.19. The van der Waals surface area contributed by atoms with E-state index in [0.29, 0.717) is 35.7 Å². The van der Waals surface area contributed by atoms with Crippen LogP contribution in [-0.4, -0.2) is 40.0 Å². The number of hydrogen-bond donors (Lipinski definition) is 1. The number of amides is 1. The number of aromatic nitrogens is 1. The van der Waals surface area contributed by atoms with E-state index < -0.39 is 18.6 Å². The first-order valence-corrected chi connectivity index (χ1v) is 11.6. The molecule has 0 spiro atoms. The predicted molar refractivity (Wildman–Crippen MR) is 123 cm³/mol. The lowest BCUT2D eigenvalue weighted by Crippen LogP contribution is -2.40.